The number of amides is 1. The maximum Gasteiger partial charge on any atom is 0.360 e. The number of hydrogen-bond donors (Lipinski definition) is 1. The number of aromatic nitrogens is 2. The summed E-state index contributed by atoms with van der Waals surface area (Å²) in [7, 11) is 0. The van der Waals surface area contributed by atoms with Gasteiger partial charge in [-0.05, 0) is 31.0 Å². The van der Waals surface area contributed by atoms with Crippen molar-refractivity contribution in [2.24, 2.45) is 0 Å². The number of anilines is 1. The van der Waals surface area contributed by atoms with Gasteiger partial charge in [0.05, 0.1) is 5.39 Å². The van der Waals surface area contributed by atoms with Crippen LogP contribution >= 0.6 is 0 Å². The summed E-state index contributed by atoms with van der Waals surface area (Å²) in [5, 5.41) is 7.98. The zero-order valence-electron chi connectivity index (χ0n) is 20.4. The monoisotopic (exact) mass is 483 g/mol. The molecular formula is C29H29N3O4. The van der Waals surface area contributed by atoms with Crippen LogP contribution < -0.4 is 10.9 Å². The Balaban J connectivity index is 1.55. The van der Waals surface area contributed by atoms with E-state index in [1.165, 1.54) is 11.6 Å². The van der Waals surface area contributed by atoms with E-state index in [0.29, 0.717) is 23.0 Å². The molecule has 4 aromatic rings. The molecule has 1 N–H and O–H groups in total. The van der Waals surface area contributed by atoms with Gasteiger partial charge in [-0.1, -0.05) is 86.5 Å². The lowest BCUT2D eigenvalue weighted by atomic mass is 10.0. The molecule has 1 aromatic heterocycles. The van der Waals surface area contributed by atoms with Gasteiger partial charge in [0.1, 0.15) is 0 Å². The van der Waals surface area contributed by atoms with E-state index >= 15 is 0 Å². The Hall–Kier alpha value is -4.26. The number of benzene rings is 3. The SMILES string of the molecule is CCCCCn1nc(C(=O)OC(C)C(=O)Nc2ccccc2-c2ccccc2)c2ccccc2c1=O. The number of fused-ring (bicyclic) bond motifs is 1. The van der Waals surface area contributed by atoms with Gasteiger partial charge in [-0.2, -0.15) is 5.10 Å². The number of para-hydroxylation sites is 1. The first kappa shape index (κ1) is 24.9. The molecule has 184 valence electrons. The average Bonchev–Trinajstić information content (AvgIpc) is 2.91. The predicted octanol–water partition coefficient (Wildman–Crippen LogP) is 5.44. The van der Waals surface area contributed by atoms with Crippen molar-refractivity contribution in [3.63, 3.8) is 0 Å². The fourth-order valence-corrected chi connectivity index (χ4v) is 4.01. The second-order valence-corrected chi connectivity index (χ2v) is 8.58. The van der Waals surface area contributed by atoms with Gasteiger partial charge in [0.25, 0.3) is 11.5 Å². The molecule has 0 aliphatic heterocycles. The number of rotatable bonds is 9. The largest absolute Gasteiger partial charge is 0.448 e. The van der Waals surface area contributed by atoms with E-state index in [4.69, 9.17) is 4.74 Å². The van der Waals surface area contributed by atoms with Gasteiger partial charge in [-0.3, -0.25) is 9.59 Å². The Kier molecular flexibility index (Phi) is 7.90. The second-order valence-electron chi connectivity index (χ2n) is 8.58. The van der Waals surface area contributed by atoms with Crippen molar-refractivity contribution < 1.29 is 14.3 Å². The zero-order valence-corrected chi connectivity index (χ0v) is 20.4. The first-order chi connectivity index (χ1) is 17.5. The van der Waals surface area contributed by atoms with Crippen LogP contribution in [-0.2, 0) is 16.1 Å². The highest BCUT2D eigenvalue weighted by Gasteiger charge is 2.24. The van der Waals surface area contributed by atoms with E-state index in [0.717, 1.165) is 30.4 Å². The van der Waals surface area contributed by atoms with Crippen molar-refractivity contribution in [1.29, 1.82) is 0 Å². The number of carbonyl (C=O) groups excluding carboxylic acids is 2. The van der Waals surface area contributed by atoms with E-state index in [1.54, 1.807) is 30.3 Å². The van der Waals surface area contributed by atoms with Crippen molar-refractivity contribution in [1.82, 2.24) is 9.78 Å². The Morgan fingerprint density at radius 2 is 1.58 bits per heavy atom. The fraction of sp³-hybridized carbons (Fsp3) is 0.241. The molecule has 0 spiro atoms. The van der Waals surface area contributed by atoms with E-state index in [1.807, 2.05) is 48.5 Å². The van der Waals surface area contributed by atoms with Crippen LogP contribution in [0.3, 0.4) is 0 Å². The first-order valence-corrected chi connectivity index (χ1v) is 12.2. The third-order valence-electron chi connectivity index (χ3n) is 5.96. The number of esters is 1. The highest BCUT2D eigenvalue weighted by Crippen LogP contribution is 2.27. The normalized spacial score (nSPS) is 11.7. The minimum Gasteiger partial charge on any atom is -0.448 e. The Morgan fingerprint density at radius 3 is 2.33 bits per heavy atom. The third kappa shape index (κ3) is 5.51. The number of nitrogens with one attached hydrogen (secondary N) is 1. The number of unbranched alkanes of at least 4 members (excludes halogenated alkanes) is 2. The zero-order chi connectivity index (χ0) is 25.5. The van der Waals surface area contributed by atoms with Gasteiger partial charge in [0.15, 0.2) is 11.8 Å². The molecule has 0 saturated heterocycles. The number of nitrogens with zero attached hydrogens (tertiary/aromatic N) is 2. The molecule has 4 rings (SSSR count). The molecular weight excluding hydrogens is 454 g/mol. The van der Waals surface area contributed by atoms with Gasteiger partial charge < -0.3 is 10.1 Å². The van der Waals surface area contributed by atoms with Crippen LogP contribution in [0.4, 0.5) is 5.69 Å². The number of hydrogen-bond acceptors (Lipinski definition) is 5. The van der Waals surface area contributed by atoms with Crippen molar-refractivity contribution in [2.45, 2.75) is 45.8 Å². The summed E-state index contributed by atoms with van der Waals surface area (Å²) in [5.41, 5.74) is 2.20. The van der Waals surface area contributed by atoms with Crippen LogP contribution in [0.15, 0.2) is 83.7 Å². The van der Waals surface area contributed by atoms with Gasteiger partial charge in [-0.15, -0.1) is 0 Å². The summed E-state index contributed by atoms with van der Waals surface area (Å²) in [6.45, 7) is 3.99. The van der Waals surface area contributed by atoms with Crippen LogP contribution in [0.5, 0.6) is 0 Å². The summed E-state index contributed by atoms with van der Waals surface area (Å²) in [5.74, 6) is -1.22. The first-order valence-electron chi connectivity index (χ1n) is 12.2. The van der Waals surface area contributed by atoms with Crippen LogP contribution in [0.1, 0.15) is 43.6 Å². The molecule has 36 heavy (non-hydrogen) atoms. The topological polar surface area (TPSA) is 90.3 Å². The molecule has 1 unspecified atom stereocenters. The molecule has 1 heterocycles. The molecule has 0 aliphatic rings. The van der Waals surface area contributed by atoms with E-state index in [-0.39, 0.29) is 11.3 Å². The molecule has 0 radical (unpaired) electrons. The summed E-state index contributed by atoms with van der Waals surface area (Å²) in [6, 6.07) is 24.0. The highest BCUT2D eigenvalue weighted by molar-refractivity contribution is 6.04. The minimum absolute atomic E-state index is 0.0195. The number of carbonyl (C=O) groups is 2. The summed E-state index contributed by atoms with van der Waals surface area (Å²) < 4.78 is 6.83. The maximum absolute atomic E-state index is 13.1. The molecule has 7 heteroatoms. The average molecular weight is 484 g/mol. The highest BCUT2D eigenvalue weighted by atomic mass is 16.5. The van der Waals surface area contributed by atoms with Crippen molar-refractivity contribution >= 4 is 28.3 Å². The standard InChI is InChI=1S/C29H29N3O4/c1-3-4-12-19-32-28(34)24-17-9-8-16-23(24)26(31-32)29(35)36-20(2)27(33)30-25-18-11-10-15-22(25)21-13-6-5-7-14-21/h5-11,13-18,20H,3-4,12,19H2,1-2H3,(H,30,33). The van der Waals surface area contributed by atoms with Crippen LogP contribution in [0, 0.1) is 0 Å². The molecule has 0 aliphatic carbocycles. The quantitative estimate of drug-likeness (QED) is 0.253. The lowest BCUT2D eigenvalue weighted by Gasteiger charge is -2.16. The van der Waals surface area contributed by atoms with Gasteiger partial charge in [0, 0.05) is 23.2 Å². The molecule has 7 nitrogen and oxygen atoms in total. The van der Waals surface area contributed by atoms with Gasteiger partial charge in [0.2, 0.25) is 0 Å². The van der Waals surface area contributed by atoms with Crippen molar-refractivity contribution in [3.05, 3.63) is 94.9 Å². The molecule has 0 bridgehead atoms. The van der Waals surface area contributed by atoms with E-state index in [9.17, 15) is 14.4 Å². The minimum atomic E-state index is -1.08. The van der Waals surface area contributed by atoms with Crippen LogP contribution in [0.2, 0.25) is 0 Å². The van der Waals surface area contributed by atoms with E-state index < -0.39 is 18.0 Å². The molecule has 0 fully saturated rings. The Bertz CT molecular complexity index is 1430. The van der Waals surface area contributed by atoms with Gasteiger partial charge >= 0.3 is 5.97 Å². The van der Waals surface area contributed by atoms with Gasteiger partial charge in [-0.25, -0.2) is 9.48 Å². The molecule has 3 aromatic carbocycles. The van der Waals surface area contributed by atoms with Crippen molar-refractivity contribution in [2.75, 3.05) is 5.32 Å². The smallest absolute Gasteiger partial charge is 0.360 e. The van der Waals surface area contributed by atoms with Crippen LogP contribution in [-0.4, -0.2) is 27.8 Å². The lowest BCUT2D eigenvalue weighted by Crippen LogP contribution is -2.32. The molecule has 0 saturated carbocycles. The second kappa shape index (κ2) is 11.4. The predicted molar refractivity (Wildman–Crippen MR) is 141 cm³/mol. The lowest BCUT2D eigenvalue weighted by molar-refractivity contribution is -0.123. The summed E-state index contributed by atoms with van der Waals surface area (Å²) in [6.07, 6.45) is 1.64. The number of ether oxygens (including phenoxy) is 1. The molecule has 1 atom stereocenters. The summed E-state index contributed by atoms with van der Waals surface area (Å²) >= 11 is 0. The maximum atomic E-state index is 13.1. The van der Waals surface area contributed by atoms with E-state index in [2.05, 4.69) is 17.3 Å². The third-order valence-corrected chi connectivity index (χ3v) is 5.96. The Morgan fingerprint density at radius 1 is 0.917 bits per heavy atom. The summed E-state index contributed by atoms with van der Waals surface area (Å²) in [4.78, 5) is 38.9. The number of aryl methyl sites for hydroxylation is 1. The Labute approximate surface area is 209 Å². The van der Waals surface area contributed by atoms with Crippen LogP contribution in [0.25, 0.3) is 21.9 Å². The van der Waals surface area contributed by atoms with Crippen molar-refractivity contribution in [3.8, 4) is 11.1 Å². The molecule has 1 amide bonds. The fourth-order valence-electron chi connectivity index (χ4n) is 4.01.